The summed E-state index contributed by atoms with van der Waals surface area (Å²) in [5.41, 5.74) is 0.881. The van der Waals surface area contributed by atoms with Gasteiger partial charge in [-0.2, -0.15) is 0 Å². The number of likely N-dealkylation sites (N-methyl/N-ethyl adjacent to an activating group) is 1. The van der Waals surface area contributed by atoms with E-state index in [1.54, 1.807) is 11.0 Å². The number of amides is 1. The number of hydrogen-bond donors (Lipinski definition) is 1. The Balaban J connectivity index is 2.06. The topological polar surface area (TPSA) is 63.1 Å². The molecular weight excluding hydrogens is 290 g/mol. The predicted octanol–water partition coefficient (Wildman–Crippen LogP) is 1.97. The van der Waals surface area contributed by atoms with E-state index in [2.05, 4.69) is 34.1 Å². The van der Waals surface area contributed by atoms with E-state index in [9.17, 15) is 4.79 Å². The van der Waals surface area contributed by atoms with Crippen LogP contribution in [-0.2, 0) is 0 Å². The molecule has 0 bridgehead atoms. The number of carbonyl (C=O) groups excluding carboxylic acids is 1. The SMILES string of the molecule is CC(C)C[C@H](CN(C)C)NC(=O)c1ncn(-c2ccccc2)n1. The van der Waals surface area contributed by atoms with Crippen molar-refractivity contribution in [1.82, 2.24) is 25.0 Å². The molecule has 1 heterocycles. The van der Waals surface area contributed by atoms with Crippen LogP contribution in [0.2, 0.25) is 0 Å². The van der Waals surface area contributed by atoms with Crippen molar-refractivity contribution >= 4 is 5.91 Å². The van der Waals surface area contributed by atoms with E-state index in [1.807, 2.05) is 44.4 Å². The Morgan fingerprint density at radius 3 is 2.57 bits per heavy atom. The van der Waals surface area contributed by atoms with Crippen molar-refractivity contribution in [2.75, 3.05) is 20.6 Å². The first-order valence-corrected chi connectivity index (χ1v) is 7.88. The quantitative estimate of drug-likeness (QED) is 0.848. The van der Waals surface area contributed by atoms with Crippen LogP contribution >= 0.6 is 0 Å². The fourth-order valence-corrected chi connectivity index (χ4v) is 2.51. The minimum absolute atomic E-state index is 0.0844. The van der Waals surface area contributed by atoms with E-state index in [4.69, 9.17) is 0 Å². The molecule has 0 radical (unpaired) electrons. The lowest BCUT2D eigenvalue weighted by Crippen LogP contribution is -2.42. The maximum Gasteiger partial charge on any atom is 0.291 e. The molecule has 0 aliphatic heterocycles. The lowest BCUT2D eigenvalue weighted by molar-refractivity contribution is 0.0914. The summed E-state index contributed by atoms with van der Waals surface area (Å²) < 4.78 is 1.61. The molecule has 0 aliphatic carbocycles. The Labute approximate surface area is 137 Å². The van der Waals surface area contributed by atoms with Gasteiger partial charge in [0.25, 0.3) is 5.91 Å². The summed E-state index contributed by atoms with van der Waals surface area (Å²) in [4.78, 5) is 18.6. The molecule has 0 saturated heterocycles. The van der Waals surface area contributed by atoms with Crippen LogP contribution in [0.3, 0.4) is 0 Å². The number of benzene rings is 1. The van der Waals surface area contributed by atoms with Gasteiger partial charge >= 0.3 is 0 Å². The third-order valence-corrected chi connectivity index (χ3v) is 3.39. The molecule has 1 N–H and O–H groups in total. The Kier molecular flexibility index (Phi) is 5.87. The van der Waals surface area contributed by atoms with Gasteiger partial charge in [0.1, 0.15) is 6.33 Å². The third-order valence-electron chi connectivity index (χ3n) is 3.39. The van der Waals surface area contributed by atoms with E-state index >= 15 is 0 Å². The van der Waals surface area contributed by atoms with Crippen LogP contribution < -0.4 is 5.32 Å². The summed E-state index contributed by atoms with van der Waals surface area (Å²) in [5, 5.41) is 7.31. The van der Waals surface area contributed by atoms with Gasteiger partial charge in [-0.15, -0.1) is 5.10 Å². The van der Waals surface area contributed by atoms with Gasteiger partial charge in [-0.3, -0.25) is 4.79 Å². The second-order valence-corrected chi connectivity index (χ2v) is 6.41. The lowest BCUT2D eigenvalue weighted by Gasteiger charge is -2.23. The van der Waals surface area contributed by atoms with Gasteiger partial charge in [-0.05, 0) is 38.6 Å². The number of hydrogen-bond acceptors (Lipinski definition) is 4. The summed E-state index contributed by atoms with van der Waals surface area (Å²) in [6.45, 7) is 5.09. The molecule has 1 aromatic heterocycles. The van der Waals surface area contributed by atoms with Gasteiger partial charge in [-0.1, -0.05) is 32.0 Å². The molecular formula is C17H25N5O. The van der Waals surface area contributed by atoms with Gasteiger partial charge in [0, 0.05) is 12.6 Å². The normalized spacial score (nSPS) is 12.6. The molecule has 0 spiro atoms. The zero-order chi connectivity index (χ0) is 16.8. The summed E-state index contributed by atoms with van der Waals surface area (Å²) in [6, 6.07) is 9.71. The molecule has 1 amide bonds. The predicted molar refractivity (Wildman–Crippen MR) is 90.6 cm³/mol. The van der Waals surface area contributed by atoms with E-state index < -0.39 is 0 Å². The highest BCUT2D eigenvalue weighted by Crippen LogP contribution is 2.08. The first kappa shape index (κ1) is 17.1. The van der Waals surface area contributed by atoms with Gasteiger partial charge in [-0.25, -0.2) is 9.67 Å². The molecule has 1 atom stereocenters. The van der Waals surface area contributed by atoms with Crippen molar-refractivity contribution in [3.8, 4) is 5.69 Å². The van der Waals surface area contributed by atoms with E-state index in [-0.39, 0.29) is 17.8 Å². The number of rotatable bonds is 7. The molecule has 124 valence electrons. The number of para-hydroxylation sites is 1. The van der Waals surface area contributed by atoms with Crippen molar-refractivity contribution in [1.29, 1.82) is 0 Å². The standard InChI is InChI=1S/C17H25N5O/c1-13(2)10-14(11-21(3)4)19-17(23)16-18-12-22(20-16)15-8-6-5-7-9-15/h5-9,12-14H,10-11H2,1-4H3,(H,19,23)/t14-/m1/s1. The fourth-order valence-electron chi connectivity index (χ4n) is 2.51. The van der Waals surface area contributed by atoms with E-state index in [1.165, 1.54) is 0 Å². The summed E-state index contributed by atoms with van der Waals surface area (Å²) in [6.07, 6.45) is 2.48. The van der Waals surface area contributed by atoms with Crippen LogP contribution in [0.1, 0.15) is 30.9 Å². The number of nitrogens with zero attached hydrogens (tertiary/aromatic N) is 4. The van der Waals surface area contributed by atoms with Crippen LogP contribution in [0.15, 0.2) is 36.7 Å². The Morgan fingerprint density at radius 1 is 1.26 bits per heavy atom. The fraction of sp³-hybridized carbons (Fsp3) is 0.471. The summed E-state index contributed by atoms with van der Waals surface area (Å²) >= 11 is 0. The number of aromatic nitrogens is 3. The average molecular weight is 315 g/mol. The van der Waals surface area contributed by atoms with E-state index in [0.717, 1.165) is 18.7 Å². The Morgan fingerprint density at radius 2 is 1.96 bits per heavy atom. The molecule has 6 heteroatoms. The molecule has 0 saturated carbocycles. The van der Waals surface area contributed by atoms with Crippen LogP contribution in [0, 0.1) is 5.92 Å². The molecule has 2 aromatic rings. The van der Waals surface area contributed by atoms with Crippen molar-refractivity contribution in [2.24, 2.45) is 5.92 Å². The van der Waals surface area contributed by atoms with Crippen LogP contribution in [0.5, 0.6) is 0 Å². The van der Waals surface area contributed by atoms with Crippen molar-refractivity contribution < 1.29 is 4.79 Å². The van der Waals surface area contributed by atoms with Gasteiger partial charge in [0.05, 0.1) is 5.69 Å². The maximum absolute atomic E-state index is 12.4. The van der Waals surface area contributed by atoms with Crippen LogP contribution in [0.4, 0.5) is 0 Å². The molecule has 2 rings (SSSR count). The van der Waals surface area contributed by atoms with Crippen molar-refractivity contribution in [3.63, 3.8) is 0 Å². The van der Waals surface area contributed by atoms with Gasteiger partial charge < -0.3 is 10.2 Å². The Hall–Kier alpha value is -2.21. The smallest absolute Gasteiger partial charge is 0.291 e. The molecule has 0 unspecified atom stereocenters. The van der Waals surface area contributed by atoms with Gasteiger partial charge in [0.15, 0.2) is 0 Å². The highest BCUT2D eigenvalue weighted by atomic mass is 16.2. The van der Waals surface area contributed by atoms with Crippen LogP contribution in [0.25, 0.3) is 5.69 Å². The molecule has 0 fully saturated rings. The molecule has 23 heavy (non-hydrogen) atoms. The average Bonchev–Trinajstić information content (AvgIpc) is 2.96. The summed E-state index contributed by atoms with van der Waals surface area (Å²) in [7, 11) is 4.00. The maximum atomic E-state index is 12.4. The molecule has 1 aromatic carbocycles. The molecule has 6 nitrogen and oxygen atoms in total. The number of carbonyl (C=O) groups is 1. The minimum atomic E-state index is -0.229. The molecule has 0 aliphatic rings. The Bertz CT molecular complexity index is 611. The lowest BCUT2D eigenvalue weighted by atomic mass is 10.0. The largest absolute Gasteiger partial charge is 0.345 e. The first-order valence-electron chi connectivity index (χ1n) is 7.88. The van der Waals surface area contributed by atoms with Gasteiger partial charge in [0.2, 0.25) is 5.82 Å². The second-order valence-electron chi connectivity index (χ2n) is 6.41. The third kappa shape index (κ3) is 5.17. The minimum Gasteiger partial charge on any atom is -0.345 e. The highest BCUT2D eigenvalue weighted by Gasteiger charge is 2.19. The first-order chi connectivity index (χ1) is 11.0. The number of nitrogens with one attached hydrogen (secondary N) is 1. The zero-order valence-corrected chi connectivity index (χ0v) is 14.2. The highest BCUT2D eigenvalue weighted by molar-refractivity contribution is 5.90. The second kappa shape index (κ2) is 7.87. The van der Waals surface area contributed by atoms with Crippen LogP contribution in [-0.4, -0.2) is 52.3 Å². The van der Waals surface area contributed by atoms with E-state index in [0.29, 0.717) is 5.92 Å². The zero-order valence-electron chi connectivity index (χ0n) is 14.2. The van der Waals surface area contributed by atoms with Crippen molar-refractivity contribution in [2.45, 2.75) is 26.3 Å². The van der Waals surface area contributed by atoms with Crippen molar-refractivity contribution in [3.05, 3.63) is 42.5 Å². The summed E-state index contributed by atoms with van der Waals surface area (Å²) in [5.74, 6) is 0.476. The monoisotopic (exact) mass is 315 g/mol.